The van der Waals surface area contributed by atoms with Crippen LogP contribution in [0.15, 0.2) is 23.1 Å². The van der Waals surface area contributed by atoms with E-state index in [9.17, 15) is 8.42 Å². The predicted octanol–water partition coefficient (Wildman–Crippen LogP) is 2.11. The molecule has 7 heteroatoms. The Morgan fingerprint density at radius 3 is 2.71 bits per heavy atom. The van der Waals surface area contributed by atoms with E-state index in [0.717, 1.165) is 19.3 Å². The van der Waals surface area contributed by atoms with Crippen LogP contribution in [0.3, 0.4) is 0 Å². The number of hydrogen-bond acceptors (Lipinski definition) is 4. The summed E-state index contributed by atoms with van der Waals surface area (Å²) in [4.78, 5) is 0.106. The largest absolute Gasteiger partial charge is 0.399 e. The Balaban J connectivity index is 1.91. The molecule has 1 atom stereocenters. The van der Waals surface area contributed by atoms with Crippen molar-refractivity contribution in [3.8, 4) is 0 Å². The van der Waals surface area contributed by atoms with E-state index < -0.39 is 10.0 Å². The number of benzene rings is 1. The maximum absolute atomic E-state index is 12.9. The third kappa shape index (κ3) is 3.18. The lowest BCUT2D eigenvalue weighted by Crippen LogP contribution is -2.37. The van der Waals surface area contributed by atoms with Crippen LogP contribution in [0.2, 0.25) is 5.02 Å². The molecule has 3 rings (SSSR count). The number of nitrogen functional groups attached to an aromatic ring is 1. The van der Waals surface area contributed by atoms with Gasteiger partial charge in [-0.25, -0.2) is 8.42 Å². The van der Waals surface area contributed by atoms with E-state index in [1.165, 1.54) is 12.1 Å². The molecule has 21 heavy (non-hydrogen) atoms. The van der Waals surface area contributed by atoms with Gasteiger partial charge in [0, 0.05) is 24.9 Å². The predicted molar refractivity (Wildman–Crippen MR) is 81.7 cm³/mol. The molecule has 2 fully saturated rings. The molecule has 1 aliphatic carbocycles. The highest BCUT2D eigenvalue weighted by Crippen LogP contribution is 2.36. The highest BCUT2D eigenvalue weighted by molar-refractivity contribution is 7.89. The number of nitrogens with zero attached hydrogens (tertiary/aromatic N) is 1. The molecular weight excluding hydrogens is 312 g/mol. The maximum Gasteiger partial charge on any atom is 0.244 e. The lowest BCUT2D eigenvalue weighted by molar-refractivity contribution is 0.180. The fourth-order valence-electron chi connectivity index (χ4n) is 2.63. The van der Waals surface area contributed by atoms with E-state index in [1.54, 1.807) is 10.4 Å². The molecule has 0 bridgehead atoms. The lowest BCUT2D eigenvalue weighted by Gasteiger charge is -2.25. The van der Waals surface area contributed by atoms with Crippen molar-refractivity contribution in [3.05, 3.63) is 23.2 Å². The molecule has 0 aromatic heterocycles. The standard InChI is InChI=1S/C14H19ClN2O3S/c15-13-4-1-11(16)7-14(13)21(18,19)17(12-2-3-12)8-10-5-6-20-9-10/h1,4,7,10,12H,2-3,5-6,8-9,16H2. The summed E-state index contributed by atoms with van der Waals surface area (Å²) in [5.74, 6) is 0.264. The van der Waals surface area contributed by atoms with Crippen molar-refractivity contribution in [2.45, 2.75) is 30.2 Å². The molecule has 0 amide bonds. The first-order valence-electron chi connectivity index (χ1n) is 7.13. The average Bonchev–Trinajstić information content (AvgIpc) is 3.14. The van der Waals surface area contributed by atoms with Gasteiger partial charge in [0.05, 0.1) is 11.6 Å². The second kappa shape index (κ2) is 5.76. The van der Waals surface area contributed by atoms with E-state index >= 15 is 0 Å². The molecule has 1 aromatic carbocycles. The van der Waals surface area contributed by atoms with Crippen LogP contribution < -0.4 is 5.73 Å². The minimum Gasteiger partial charge on any atom is -0.399 e. The summed E-state index contributed by atoms with van der Waals surface area (Å²) in [7, 11) is -3.61. The van der Waals surface area contributed by atoms with E-state index in [1.807, 2.05) is 0 Å². The van der Waals surface area contributed by atoms with Crippen molar-refractivity contribution in [3.63, 3.8) is 0 Å². The van der Waals surface area contributed by atoms with Crippen LogP contribution in [-0.4, -0.2) is 38.5 Å². The first-order chi connectivity index (χ1) is 9.98. The Hall–Kier alpha value is -0.820. The summed E-state index contributed by atoms with van der Waals surface area (Å²) in [6, 6.07) is 4.67. The maximum atomic E-state index is 12.9. The fraction of sp³-hybridized carbons (Fsp3) is 0.571. The summed E-state index contributed by atoms with van der Waals surface area (Å²) in [6.07, 6.45) is 2.73. The quantitative estimate of drug-likeness (QED) is 0.839. The first-order valence-corrected chi connectivity index (χ1v) is 8.95. The van der Waals surface area contributed by atoms with E-state index in [4.69, 9.17) is 22.1 Å². The van der Waals surface area contributed by atoms with Crippen LogP contribution in [0.5, 0.6) is 0 Å². The highest BCUT2D eigenvalue weighted by atomic mass is 35.5. The molecule has 1 saturated carbocycles. The van der Waals surface area contributed by atoms with Gasteiger partial charge in [-0.05, 0) is 43.4 Å². The number of anilines is 1. The number of halogens is 1. The van der Waals surface area contributed by atoms with E-state index in [0.29, 0.717) is 25.4 Å². The van der Waals surface area contributed by atoms with E-state index in [-0.39, 0.29) is 21.9 Å². The fourth-order valence-corrected chi connectivity index (χ4v) is 4.90. The molecular formula is C14H19ClN2O3S. The Bertz CT molecular complexity index is 625. The van der Waals surface area contributed by atoms with Crippen LogP contribution >= 0.6 is 11.6 Å². The van der Waals surface area contributed by atoms with Crippen LogP contribution in [-0.2, 0) is 14.8 Å². The van der Waals surface area contributed by atoms with Crippen molar-refractivity contribution >= 4 is 27.3 Å². The van der Waals surface area contributed by atoms with Crippen molar-refractivity contribution in [1.82, 2.24) is 4.31 Å². The lowest BCUT2D eigenvalue weighted by atomic mass is 10.1. The van der Waals surface area contributed by atoms with Gasteiger partial charge in [0.1, 0.15) is 4.90 Å². The van der Waals surface area contributed by atoms with Crippen LogP contribution in [0, 0.1) is 5.92 Å². The molecule has 1 heterocycles. The van der Waals surface area contributed by atoms with Gasteiger partial charge in [0.2, 0.25) is 10.0 Å². The Morgan fingerprint density at radius 1 is 1.33 bits per heavy atom. The molecule has 2 aliphatic rings. The zero-order valence-corrected chi connectivity index (χ0v) is 13.2. The molecule has 116 valence electrons. The van der Waals surface area contributed by atoms with Gasteiger partial charge in [-0.15, -0.1) is 0 Å². The number of hydrogen-bond donors (Lipinski definition) is 1. The first kappa shape index (κ1) is 15.1. The van der Waals surface area contributed by atoms with Crippen molar-refractivity contribution < 1.29 is 13.2 Å². The molecule has 2 N–H and O–H groups in total. The van der Waals surface area contributed by atoms with Crippen molar-refractivity contribution in [2.75, 3.05) is 25.5 Å². The Kier molecular flexibility index (Phi) is 4.14. The van der Waals surface area contributed by atoms with Gasteiger partial charge in [-0.2, -0.15) is 4.31 Å². The van der Waals surface area contributed by atoms with Gasteiger partial charge >= 0.3 is 0 Å². The smallest absolute Gasteiger partial charge is 0.244 e. The van der Waals surface area contributed by atoms with Crippen LogP contribution in [0.4, 0.5) is 5.69 Å². The summed E-state index contributed by atoms with van der Waals surface area (Å²) in [6.45, 7) is 1.84. The van der Waals surface area contributed by atoms with Gasteiger partial charge in [0.25, 0.3) is 0 Å². The molecule has 1 saturated heterocycles. The summed E-state index contributed by atoms with van der Waals surface area (Å²) >= 11 is 6.08. The number of ether oxygens (including phenoxy) is 1. The van der Waals surface area contributed by atoms with Crippen LogP contribution in [0.25, 0.3) is 0 Å². The topological polar surface area (TPSA) is 72.6 Å². The van der Waals surface area contributed by atoms with Gasteiger partial charge in [-0.1, -0.05) is 11.6 Å². The number of rotatable bonds is 5. The molecule has 1 aliphatic heterocycles. The monoisotopic (exact) mass is 330 g/mol. The number of nitrogens with two attached hydrogens (primary N) is 1. The van der Waals surface area contributed by atoms with Gasteiger partial charge < -0.3 is 10.5 Å². The van der Waals surface area contributed by atoms with Gasteiger partial charge in [0.15, 0.2) is 0 Å². The normalized spacial score (nSPS) is 22.9. The third-order valence-electron chi connectivity index (χ3n) is 3.96. The number of sulfonamides is 1. The SMILES string of the molecule is Nc1ccc(Cl)c(S(=O)(=O)N(CC2CCOC2)C2CC2)c1. The minimum absolute atomic E-state index is 0.0908. The highest BCUT2D eigenvalue weighted by Gasteiger charge is 2.40. The molecule has 1 aromatic rings. The Morgan fingerprint density at radius 2 is 2.10 bits per heavy atom. The second-order valence-corrected chi connectivity index (χ2v) is 7.99. The second-order valence-electron chi connectivity index (χ2n) is 5.73. The van der Waals surface area contributed by atoms with Crippen molar-refractivity contribution in [2.24, 2.45) is 5.92 Å². The average molecular weight is 331 g/mol. The molecule has 0 spiro atoms. The van der Waals surface area contributed by atoms with Crippen LogP contribution in [0.1, 0.15) is 19.3 Å². The molecule has 0 radical (unpaired) electrons. The minimum atomic E-state index is -3.61. The zero-order valence-electron chi connectivity index (χ0n) is 11.7. The summed E-state index contributed by atoms with van der Waals surface area (Å²) in [5.41, 5.74) is 6.12. The molecule has 1 unspecified atom stereocenters. The zero-order chi connectivity index (χ0) is 15.0. The van der Waals surface area contributed by atoms with E-state index in [2.05, 4.69) is 0 Å². The third-order valence-corrected chi connectivity index (χ3v) is 6.36. The van der Waals surface area contributed by atoms with Crippen molar-refractivity contribution in [1.29, 1.82) is 0 Å². The summed E-state index contributed by atoms with van der Waals surface area (Å²) in [5, 5.41) is 0.220. The summed E-state index contributed by atoms with van der Waals surface area (Å²) < 4.78 is 32.8. The molecule has 5 nitrogen and oxygen atoms in total. The Labute approximate surface area is 130 Å². The van der Waals surface area contributed by atoms with Gasteiger partial charge in [-0.3, -0.25) is 0 Å².